The standard InChI is InChI=1S/C14H18F2N2O3/c1-9-11(13(18-21-9)20-14(15)16)17-12(19)10-7-5-3-2-4-6-8-10/h2-3,10,14H,4-8H2,1H3,(H,17,19). The number of aryl methyl sites for hydroxylation is 1. The monoisotopic (exact) mass is 300 g/mol. The number of carbonyl (C=O) groups is 1. The number of rotatable bonds is 4. The molecule has 1 amide bonds. The molecule has 5 nitrogen and oxygen atoms in total. The Balaban J connectivity index is 2.04. The molecule has 1 unspecified atom stereocenters. The number of aromatic nitrogens is 1. The summed E-state index contributed by atoms with van der Waals surface area (Å²) in [5, 5.41) is 5.99. The molecule has 0 aromatic carbocycles. The second-order valence-corrected chi connectivity index (χ2v) is 4.96. The number of nitrogens with one attached hydrogen (secondary N) is 1. The number of hydrogen-bond acceptors (Lipinski definition) is 4. The van der Waals surface area contributed by atoms with Crippen molar-refractivity contribution in [3.05, 3.63) is 17.9 Å². The van der Waals surface area contributed by atoms with Gasteiger partial charge in [0.2, 0.25) is 5.91 Å². The maximum absolute atomic E-state index is 12.3. The molecule has 0 bridgehead atoms. The second kappa shape index (κ2) is 7.19. The van der Waals surface area contributed by atoms with E-state index in [1.165, 1.54) is 6.92 Å². The molecule has 0 saturated heterocycles. The van der Waals surface area contributed by atoms with Gasteiger partial charge < -0.3 is 14.6 Å². The highest BCUT2D eigenvalue weighted by Crippen LogP contribution is 2.30. The van der Waals surface area contributed by atoms with Crippen molar-refractivity contribution in [2.24, 2.45) is 5.92 Å². The van der Waals surface area contributed by atoms with Gasteiger partial charge in [-0.25, -0.2) is 0 Å². The fourth-order valence-electron chi connectivity index (χ4n) is 2.31. The lowest BCUT2D eigenvalue weighted by molar-refractivity contribution is -0.120. The summed E-state index contributed by atoms with van der Waals surface area (Å²) in [5.41, 5.74) is 0.0814. The normalized spacial score (nSPS) is 19.1. The topological polar surface area (TPSA) is 64.4 Å². The third-order valence-electron chi connectivity index (χ3n) is 3.42. The SMILES string of the molecule is Cc1onc(OC(F)F)c1NC(=O)C1CCC=CCCC1. The van der Waals surface area contributed by atoms with E-state index in [1.54, 1.807) is 0 Å². The van der Waals surface area contributed by atoms with Crippen LogP contribution in [0.2, 0.25) is 0 Å². The van der Waals surface area contributed by atoms with E-state index in [9.17, 15) is 13.6 Å². The van der Waals surface area contributed by atoms with Crippen LogP contribution in [-0.2, 0) is 4.79 Å². The third-order valence-corrected chi connectivity index (χ3v) is 3.42. The molecule has 0 aliphatic heterocycles. The Bertz CT molecular complexity index is 514. The summed E-state index contributed by atoms with van der Waals surface area (Å²) in [6.07, 6.45) is 8.40. The van der Waals surface area contributed by atoms with E-state index in [0.717, 1.165) is 32.1 Å². The van der Waals surface area contributed by atoms with Crippen LogP contribution >= 0.6 is 0 Å². The molecule has 0 spiro atoms. The van der Waals surface area contributed by atoms with Crippen molar-refractivity contribution in [2.45, 2.75) is 45.6 Å². The van der Waals surface area contributed by atoms with Crippen LogP contribution in [0.15, 0.2) is 16.7 Å². The summed E-state index contributed by atoms with van der Waals surface area (Å²) >= 11 is 0. The fourth-order valence-corrected chi connectivity index (χ4v) is 2.31. The zero-order chi connectivity index (χ0) is 15.2. The van der Waals surface area contributed by atoms with Crippen LogP contribution in [0.4, 0.5) is 14.5 Å². The summed E-state index contributed by atoms with van der Waals surface area (Å²) < 4.78 is 33.6. The van der Waals surface area contributed by atoms with Gasteiger partial charge in [-0.3, -0.25) is 4.79 Å². The predicted octanol–water partition coefficient (Wildman–Crippen LogP) is 3.66. The maximum Gasteiger partial charge on any atom is 0.388 e. The van der Waals surface area contributed by atoms with Crippen molar-refractivity contribution in [3.63, 3.8) is 0 Å². The molecular weight excluding hydrogens is 282 g/mol. The molecule has 2 rings (SSSR count). The fraction of sp³-hybridized carbons (Fsp3) is 0.571. The smallest absolute Gasteiger partial charge is 0.388 e. The number of alkyl halides is 2. The summed E-state index contributed by atoms with van der Waals surface area (Å²) in [6, 6.07) is 0. The van der Waals surface area contributed by atoms with E-state index < -0.39 is 6.61 Å². The van der Waals surface area contributed by atoms with Crippen molar-refractivity contribution in [1.29, 1.82) is 0 Å². The van der Waals surface area contributed by atoms with Crippen molar-refractivity contribution in [3.8, 4) is 5.88 Å². The highest BCUT2D eigenvalue weighted by atomic mass is 19.3. The van der Waals surface area contributed by atoms with Gasteiger partial charge in [0.25, 0.3) is 5.88 Å². The first-order valence-corrected chi connectivity index (χ1v) is 6.95. The van der Waals surface area contributed by atoms with Crippen LogP contribution in [0.1, 0.15) is 37.9 Å². The molecule has 0 radical (unpaired) electrons. The molecule has 0 fully saturated rings. The summed E-state index contributed by atoms with van der Waals surface area (Å²) in [6.45, 7) is -1.49. The van der Waals surface area contributed by atoms with Crippen LogP contribution in [-0.4, -0.2) is 17.7 Å². The van der Waals surface area contributed by atoms with Crippen molar-refractivity contribution < 1.29 is 22.8 Å². The van der Waals surface area contributed by atoms with Gasteiger partial charge in [0.15, 0.2) is 5.76 Å². The first-order valence-electron chi connectivity index (χ1n) is 6.95. The van der Waals surface area contributed by atoms with Crippen molar-refractivity contribution in [2.75, 3.05) is 5.32 Å². The largest absolute Gasteiger partial charge is 0.412 e. The van der Waals surface area contributed by atoms with E-state index in [4.69, 9.17) is 4.52 Å². The molecule has 1 heterocycles. The van der Waals surface area contributed by atoms with Crippen LogP contribution in [0.5, 0.6) is 5.88 Å². The maximum atomic E-state index is 12.3. The summed E-state index contributed by atoms with van der Waals surface area (Å²) in [4.78, 5) is 12.3. The number of allylic oxidation sites excluding steroid dienone is 2. The van der Waals surface area contributed by atoms with Crippen LogP contribution in [0, 0.1) is 12.8 Å². The Kier molecular flexibility index (Phi) is 5.30. The molecule has 1 aliphatic carbocycles. The molecule has 1 aliphatic rings. The average molecular weight is 300 g/mol. The summed E-state index contributed by atoms with van der Waals surface area (Å²) in [5.74, 6) is -0.509. The molecular formula is C14H18F2N2O3. The lowest BCUT2D eigenvalue weighted by Crippen LogP contribution is -2.23. The second-order valence-electron chi connectivity index (χ2n) is 4.96. The zero-order valence-corrected chi connectivity index (χ0v) is 11.8. The molecule has 1 aromatic heterocycles. The molecule has 1 aromatic rings. The number of halogens is 2. The molecule has 7 heteroatoms. The quantitative estimate of drug-likeness (QED) is 0.862. The van der Waals surface area contributed by atoms with Gasteiger partial charge in [-0.1, -0.05) is 12.2 Å². The zero-order valence-electron chi connectivity index (χ0n) is 11.8. The van der Waals surface area contributed by atoms with Gasteiger partial charge in [-0.15, -0.1) is 0 Å². The first-order chi connectivity index (χ1) is 10.1. The Labute approximate surface area is 121 Å². The van der Waals surface area contributed by atoms with E-state index >= 15 is 0 Å². The lowest BCUT2D eigenvalue weighted by Gasteiger charge is -2.17. The Morgan fingerprint density at radius 2 is 2.19 bits per heavy atom. The lowest BCUT2D eigenvalue weighted by atomic mass is 9.93. The third kappa shape index (κ3) is 4.27. The van der Waals surface area contributed by atoms with E-state index in [-0.39, 0.29) is 29.2 Å². The minimum Gasteiger partial charge on any atom is -0.412 e. The minimum absolute atomic E-state index is 0.0814. The highest BCUT2D eigenvalue weighted by Gasteiger charge is 2.24. The van der Waals surface area contributed by atoms with Gasteiger partial charge in [-0.2, -0.15) is 8.78 Å². The number of amides is 1. The number of anilines is 1. The summed E-state index contributed by atoms with van der Waals surface area (Å²) in [7, 11) is 0. The Hall–Kier alpha value is -1.92. The van der Waals surface area contributed by atoms with Crippen LogP contribution in [0.3, 0.4) is 0 Å². The van der Waals surface area contributed by atoms with Crippen molar-refractivity contribution in [1.82, 2.24) is 5.16 Å². The first kappa shape index (κ1) is 15.5. The highest BCUT2D eigenvalue weighted by molar-refractivity contribution is 5.94. The molecule has 1 N–H and O–H groups in total. The Morgan fingerprint density at radius 1 is 1.43 bits per heavy atom. The van der Waals surface area contributed by atoms with Gasteiger partial charge in [0, 0.05) is 5.92 Å². The molecule has 1 atom stereocenters. The number of carbonyl (C=O) groups excluding carboxylic acids is 1. The van der Waals surface area contributed by atoms with Gasteiger partial charge in [0.05, 0.1) is 0 Å². The van der Waals surface area contributed by atoms with Gasteiger partial charge in [0.1, 0.15) is 5.69 Å². The van der Waals surface area contributed by atoms with Gasteiger partial charge >= 0.3 is 6.61 Å². The number of hydrogen-bond donors (Lipinski definition) is 1. The van der Waals surface area contributed by atoms with E-state index in [2.05, 4.69) is 27.4 Å². The molecule has 0 saturated carbocycles. The van der Waals surface area contributed by atoms with Crippen LogP contribution < -0.4 is 10.1 Å². The molecule has 116 valence electrons. The van der Waals surface area contributed by atoms with Gasteiger partial charge in [-0.05, 0) is 44.2 Å². The average Bonchev–Trinajstić information content (AvgIpc) is 2.70. The Morgan fingerprint density at radius 3 is 2.95 bits per heavy atom. The van der Waals surface area contributed by atoms with E-state index in [1.807, 2.05) is 0 Å². The number of ether oxygens (including phenoxy) is 1. The molecule has 21 heavy (non-hydrogen) atoms. The predicted molar refractivity (Wildman–Crippen MR) is 72.2 cm³/mol. The van der Waals surface area contributed by atoms with Crippen LogP contribution in [0.25, 0.3) is 0 Å². The van der Waals surface area contributed by atoms with Crippen molar-refractivity contribution >= 4 is 11.6 Å². The number of nitrogens with zero attached hydrogens (tertiary/aromatic N) is 1. The van der Waals surface area contributed by atoms with E-state index in [0.29, 0.717) is 0 Å². The minimum atomic E-state index is -3.02.